The zero-order valence-corrected chi connectivity index (χ0v) is 13.2. The zero-order chi connectivity index (χ0) is 14.2. The van der Waals surface area contributed by atoms with E-state index in [1.165, 1.54) is 18.4 Å². The molecule has 110 valence electrons. The second-order valence-corrected chi connectivity index (χ2v) is 7.39. The van der Waals surface area contributed by atoms with Crippen LogP contribution in [0.4, 0.5) is 0 Å². The lowest BCUT2D eigenvalue weighted by molar-refractivity contribution is -0.119. The summed E-state index contributed by atoms with van der Waals surface area (Å²) in [6, 6.07) is 8.43. The quantitative estimate of drug-likeness (QED) is 0.845. The first-order valence-corrected chi connectivity index (χ1v) is 7.99. The lowest BCUT2D eigenvalue weighted by Crippen LogP contribution is -2.51. The summed E-state index contributed by atoms with van der Waals surface area (Å²) in [5, 5.41) is 4.39. The van der Waals surface area contributed by atoms with Crippen molar-refractivity contribution in [2.24, 2.45) is 5.41 Å². The molecule has 0 bridgehead atoms. The van der Waals surface area contributed by atoms with E-state index in [1.54, 1.807) is 0 Å². The van der Waals surface area contributed by atoms with E-state index in [-0.39, 0.29) is 5.60 Å². The maximum absolute atomic E-state index is 6.04. The van der Waals surface area contributed by atoms with Gasteiger partial charge >= 0.3 is 0 Å². The molecule has 20 heavy (non-hydrogen) atoms. The molecule has 3 heteroatoms. The van der Waals surface area contributed by atoms with Crippen molar-refractivity contribution in [3.8, 4) is 0 Å². The summed E-state index contributed by atoms with van der Waals surface area (Å²) < 4.78 is 5.95. The van der Waals surface area contributed by atoms with Crippen LogP contribution in [0, 0.1) is 5.41 Å². The van der Waals surface area contributed by atoms with Crippen molar-refractivity contribution < 1.29 is 4.74 Å². The van der Waals surface area contributed by atoms with Gasteiger partial charge in [0.05, 0.1) is 5.60 Å². The number of benzene rings is 1. The third-order valence-electron chi connectivity index (χ3n) is 5.03. The third-order valence-corrected chi connectivity index (χ3v) is 5.28. The van der Waals surface area contributed by atoms with Gasteiger partial charge in [0.25, 0.3) is 0 Å². The number of piperidine rings is 1. The molecule has 2 fully saturated rings. The maximum atomic E-state index is 6.04. The molecule has 2 atom stereocenters. The van der Waals surface area contributed by atoms with Crippen molar-refractivity contribution in [3.05, 3.63) is 34.9 Å². The van der Waals surface area contributed by atoms with Gasteiger partial charge in [-0.05, 0) is 62.8 Å². The van der Waals surface area contributed by atoms with Crippen molar-refractivity contribution in [3.63, 3.8) is 0 Å². The molecular formula is C17H24ClNO. The summed E-state index contributed by atoms with van der Waals surface area (Å²) >= 11 is 6.04. The summed E-state index contributed by atoms with van der Waals surface area (Å²) in [5.41, 5.74) is 1.79. The Hall–Kier alpha value is -0.570. The minimum Gasteiger partial charge on any atom is -0.376 e. The topological polar surface area (TPSA) is 21.3 Å². The molecule has 1 aromatic rings. The van der Waals surface area contributed by atoms with Gasteiger partial charge in [-0.2, -0.15) is 0 Å². The van der Waals surface area contributed by atoms with E-state index in [9.17, 15) is 0 Å². The molecule has 0 amide bonds. The molecule has 2 saturated heterocycles. The van der Waals surface area contributed by atoms with Crippen LogP contribution in [0.3, 0.4) is 0 Å². The van der Waals surface area contributed by atoms with Crippen molar-refractivity contribution in [1.82, 2.24) is 5.32 Å². The number of hydrogen-bond acceptors (Lipinski definition) is 2. The molecule has 1 spiro atoms. The highest BCUT2D eigenvalue weighted by Gasteiger charge is 2.47. The Morgan fingerprint density at radius 3 is 2.65 bits per heavy atom. The fourth-order valence-electron chi connectivity index (χ4n) is 4.17. The van der Waals surface area contributed by atoms with Gasteiger partial charge in [0.2, 0.25) is 0 Å². The molecule has 0 aromatic heterocycles. The SMILES string of the molecule is CC1(C)CC2(CCNCC2c2ccc(Cl)cc2)CCO1. The van der Waals surface area contributed by atoms with Gasteiger partial charge in [-0.15, -0.1) is 0 Å². The second kappa shape index (κ2) is 5.32. The standard InChI is InChI=1S/C17H24ClNO/c1-16(2)12-17(8-10-20-16)7-9-19-11-15(17)13-3-5-14(18)6-4-13/h3-6,15,19H,7-12H2,1-2H3. The zero-order valence-electron chi connectivity index (χ0n) is 12.4. The van der Waals surface area contributed by atoms with Gasteiger partial charge in [-0.1, -0.05) is 23.7 Å². The van der Waals surface area contributed by atoms with Crippen LogP contribution in [0.2, 0.25) is 5.02 Å². The average molecular weight is 294 g/mol. The van der Waals surface area contributed by atoms with Crippen molar-refractivity contribution in [2.45, 2.75) is 44.6 Å². The minimum absolute atomic E-state index is 0.000263. The van der Waals surface area contributed by atoms with Crippen LogP contribution >= 0.6 is 11.6 Å². The number of nitrogens with one attached hydrogen (secondary N) is 1. The van der Waals surface area contributed by atoms with E-state index >= 15 is 0 Å². The highest BCUT2D eigenvalue weighted by atomic mass is 35.5. The normalized spacial score (nSPS) is 33.2. The first-order chi connectivity index (χ1) is 9.51. The van der Waals surface area contributed by atoms with Crippen LogP contribution in [0.1, 0.15) is 44.6 Å². The molecular weight excluding hydrogens is 270 g/mol. The Morgan fingerprint density at radius 2 is 1.95 bits per heavy atom. The molecule has 1 N–H and O–H groups in total. The average Bonchev–Trinajstić information content (AvgIpc) is 2.39. The Labute approximate surface area is 126 Å². The van der Waals surface area contributed by atoms with Crippen LogP contribution in [0.5, 0.6) is 0 Å². The van der Waals surface area contributed by atoms with Crippen molar-refractivity contribution >= 4 is 11.6 Å². The fourth-order valence-corrected chi connectivity index (χ4v) is 4.30. The summed E-state index contributed by atoms with van der Waals surface area (Å²) in [4.78, 5) is 0. The predicted molar refractivity (Wildman–Crippen MR) is 83.4 cm³/mol. The molecule has 0 radical (unpaired) electrons. The minimum atomic E-state index is 0.000263. The van der Waals surface area contributed by atoms with E-state index in [1.807, 2.05) is 12.1 Å². The summed E-state index contributed by atoms with van der Waals surface area (Å²) in [7, 11) is 0. The lowest BCUT2D eigenvalue weighted by Gasteiger charge is -2.52. The van der Waals surface area contributed by atoms with Gasteiger partial charge in [0, 0.05) is 24.1 Å². The van der Waals surface area contributed by atoms with Gasteiger partial charge in [-0.25, -0.2) is 0 Å². The molecule has 2 aliphatic rings. The van der Waals surface area contributed by atoms with Gasteiger partial charge in [0.15, 0.2) is 0 Å². The van der Waals surface area contributed by atoms with Crippen LogP contribution in [0.25, 0.3) is 0 Å². The van der Waals surface area contributed by atoms with E-state index < -0.39 is 0 Å². The smallest absolute Gasteiger partial charge is 0.0632 e. The Balaban J connectivity index is 1.92. The van der Waals surface area contributed by atoms with E-state index in [0.717, 1.165) is 31.1 Å². The Morgan fingerprint density at radius 1 is 1.20 bits per heavy atom. The predicted octanol–water partition coefficient (Wildman–Crippen LogP) is 3.99. The molecule has 3 rings (SSSR count). The fraction of sp³-hybridized carbons (Fsp3) is 0.647. The largest absolute Gasteiger partial charge is 0.376 e. The molecule has 2 nitrogen and oxygen atoms in total. The molecule has 0 saturated carbocycles. The summed E-state index contributed by atoms with van der Waals surface area (Å²) in [6.07, 6.45) is 3.56. The number of ether oxygens (including phenoxy) is 1. The molecule has 2 aliphatic heterocycles. The van der Waals surface area contributed by atoms with Crippen LogP contribution in [-0.2, 0) is 4.74 Å². The first-order valence-electron chi connectivity index (χ1n) is 7.61. The second-order valence-electron chi connectivity index (χ2n) is 6.96. The molecule has 2 heterocycles. The van der Waals surface area contributed by atoms with E-state index in [2.05, 4.69) is 31.3 Å². The molecule has 2 unspecified atom stereocenters. The van der Waals surface area contributed by atoms with Crippen LogP contribution in [0.15, 0.2) is 24.3 Å². The van der Waals surface area contributed by atoms with E-state index in [0.29, 0.717) is 11.3 Å². The highest BCUT2D eigenvalue weighted by Crippen LogP contribution is 2.51. The summed E-state index contributed by atoms with van der Waals surface area (Å²) in [6.45, 7) is 7.54. The third kappa shape index (κ3) is 2.74. The van der Waals surface area contributed by atoms with Gasteiger partial charge < -0.3 is 10.1 Å². The maximum Gasteiger partial charge on any atom is 0.0632 e. The lowest BCUT2D eigenvalue weighted by atomic mass is 9.60. The number of hydrogen-bond donors (Lipinski definition) is 1. The molecule has 0 aliphatic carbocycles. The van der Waals surface area contributed by atoms with Crippen molar-refractivity contribution in [1.29, 1.82) is 0 Å². The number of rotatable bonds is 1. The van der Waals surface area contributed by atoms with Crippen LogP contribution in [-0.4, -0.2) is 25.3 Å². The monoisotopic (exact) mass is 293 g/mol. The Kier molecular flexibility index (Phi) is 3.83. The van der Waals surface area contributed by atoms with Crippen molar-refractivity contribution in [2.75, 3.05) is 19.7 Å². The van der Waals surface area contributed by atoms with Crippen LogP contribution < -0.4 is 5.32 Å². The first kappa shape index (κ1) is 14.4. The molecule has 1 aromatic carbocycles. The Bertz CT molecular complexity index is 466. The summed E-state index contributed by atoms with van der Waals surface area (Å²) in [5.74, 6) is 0.566. The van der Waals surface area contributed by atoms with Gasteiger partial charge in [0.1, 0.15) is 0 Å². The number of halogens is 1. The van der Waals surface area contributed by atoms with E-state index in [4.69, 9.17) is 16.3 Å². The highest BCUT2D eigenvalue weighted by molar-refractivity contribution is 6.30. The van der Waals surface area contributed by atoms with Gasteiger partial charge in [-0.3, -0.25) is 0 Å².